The summed E-state index contributed by atoms with van der Waals surface area (Å²) < 4.78 is 5.12. The molecule has 1 aliphatic heterocycles. The second-order valence-corrected chi connectivity index (χ2v) is 4.86. The second kappa shape index (κ2) is 5.49. The van der Waals surface area contributed by atoms with Crippen LogP contribution in [0, 0.1) is 0 Å². The predicted molar refractivity (Wildman–Crippen MR) is 72.4 cm³/mol. The Balaban J connectivity index is 1.91. The van der Waals surface area contributed by atoms with Gasteiger partial charge < -0.3 is 15.1 Å². The van der Waals surface area contributed by atoms with Crippen LogP contribution >= 0.6 is 12.2 Å². The molecule has 1 saturated heterocycles. The second-order valence-electron chi connectivity index (χ2n) is 4.38. The van der Waals surface area contributed by atoms with Gasteiger partial charge in [-0.3, -0.25) is 9.69 Å². The Morgan fingerprint density at radius 2 is 2.11 bits per heavy atom. The van der Waals surface area contributed by atoms with Crippen molar-refractivity contribution in [2.24, 2.45) is 5.73 Å². The molecule has 1 aliphatic rings. The van der Waals surface area contributed by atoms with Gasteiger partial charge in [-0.25, -0.2) is 0 Å². The van der Waals surface area contributed by atoms with Crippen LogP contribution in [-0.2, 0) is 0 Å². The van der Waals surface area contributed by atoms with E-state index in [1.54, 1.807) is 17.0 Å². The Morgan fingerprint density at radius 1 is 1.44 bits per heavy atom. The van der Waals surface area contributed by atoms with Gasteiger partial charge in [0.05, 0.1) is 17.3 Å². The molecule has 2 rings (SSSR count). The summed E-state index contributed by atoms with van der Waals surface area (Å²) >= 11 is 4.99. The lowest BCUT2D eigenvalue weighted by molar-refractivity contribution is 0.0591. The molecule has 18 heavy (non-hydrogen) atoms. The maximum absolute atomic E-state index is 12.0. The monoisotopic (exact) mass is 267 g/mol. The summed E-state index contributed by atoms with van der Waals surface area (Å²) in [7, 11) is 0. The summed E-state index contributed by atoms with van der Waals surface area (Å²) in [5.74, 6) is 0.341. The first-order valence-corrected chi connectivity index (χ1v) is 6.36. The molecule has 1 amide bonds. The Hall–Kier alpha value is -1.40. The molecule has 0 bridgehead atoms. The molecule has 0 spiro atoms. The molecule has 0 aliphatic carbocycles. The SMILES string of the molecule is CC(C(N)=S)N1CCN(C(=O)c2ccco2)CC1. The van der Waals surface area contributed by atoms with Crippen LogP contribution in [0.1, 0.15) is 17.5 Å². The summed E-state index contributed by atoms with van der Waals surface area (Å²) in [5, 5.41) is 0. The fourth-order valence-corrected chi connectivity index (χ4v) is 2.20. The smallest absolute Gasteiger partial charge is 0.289 e. The highest BCUT2D eigenvalue weighted by Crippen LogP contribution is 2.11. The number of hydrogen-bond acceptors (Lipinski definition) is 4. The van der Waals surface area contributed by atoms with Gasteiger partial charge in [0.25, 0.3) is 5.91 Å². The lowest BCUT2D eigenvalue weighted by atomic mass is 10.2. The number of piperazine rings is 1. The normalized spacial score (nSPS) is 18.6. The van der Waals surface area contributed by atoms with Crippen LogP contribution in [0.5, 0.6) is 0 Å². The van der Waals surface area contributed by atoms with E-state index >= 15 is 0 Å². The van der Waals surface area contributed by atoms with E-state index in [2.05, 4.69) is 4.90 Å². The average Bonchev–Trinajstić information content (AvgIpc) is 2.91. The lowest BCUT2D eigenvalue weighted by Crippen LogP contribution is -2.53. The van der Waals surface area contributed by atoms with Gasteiger partial charge in [0.15, 0.2) is 5.76 Å². The number of nitrogens with zero attached hydrogens (tertiary/aromatic N) is 2. The van der Waals surface area contributed by atoms with Crippen molar-refractivity contribution in [3.8, 4) is 0 Å². The van der Waals surface area contributed by atoms with Crippen LogP contribution in [0.4, 0.5) is 0 Å². The van der Waals surface area contributed by atoms with E-state index in [9.17, 15) is 4.79 Å². The van der Waals surface area contributed by atoms with E-state index < -0.39 is 0 Å². The summed E-state index contributed by atoms with van der Waals surface area (Å²) in [6.45, 7) is 4.90. The molecule has 0 aromatic carbocycles. The maximum Gasteiger partial charge on any atom is 0.289 e. The number of carbonyl (C=O) groups is 1. The minimum Gasteiger partial charge on any atom is -0.459 e. The highest BCUT2D eigenvalue weighted by atomic mass is 32.1. The largest absolute Gasteiger partial charge is 0.459 e. The van der Waals surface area contributed by atoms with Gasteiger partial charge in [-0.1, -0.05) is 12.2 Å². The maximum atomic E-state index is 12.0. The molecule has 1 aromatic rings. The van der Waals surface area contributed by atoms with Gasteiger partial charge in [0, 0.05) is 26.2 Å². The molecule has 1 unspecified atom stereocenters. The van der Waals surface area contributed by atoms with E-state index in [1.165, 1.54) is 6.26 Å². The molecule has 98 valence electrons. The molecule has 2 N–H and O–H groups in total. The van der Waals surface area contributed by atoms with E-state index in [4.69, 9.17) is 22.4 Å². The van der Waals surface area contributed by atoms with E-state index in [0.717, 1.165) is 13.1 Å². The van der Waals surface area contributed by atoms with Crippen molar-refractivity contribution in [3.63, 3.8) is 0 Å². The number of hydrogen-bond donors (Lipinski definition) is 1. The first-order valence-electron chi connectivity index (χ1n) is 5.95. The standard InChI is InChI=1S/C12H17N3O2S/c1-9(11(13)18)14-4-6-15(7-5-14)12(16)10-3-2-8-17-10/h2-3,8-9H,4-7H2,1H3,(H2,13,18). The average molecular weight is 267 g/mol. The van der Waals surface area contributed by atoms with Crippen molar-refractivity contribution >= 4 is 23.1 Å². The number of rotatable bonds is 3. The van der Waals surface area contributed by atoms with Gasteiger partial charge in [-0.05, 0) is 19.1 Å². The minimum atomic E-state index is -0.0531. The highest BCUT2D eigenvalue weighted by molar-refractivity contribution is 7.80. The topological polar surface area (TPSA) is 62.7 Å². The zero-order valence-electron chi connectivity index (χ0n) is 10.3. The molecule has 1 fully saturated rings. The van der Waals surface area contributed by atoms with Gasteiger partial charge >= 0.3 is 0 Å². The predicted octanol–water partition coefficient (Wildman–Crippen LogP) is 0.712. The van der Waals surface area contributed by atoms with Crippen molar-refractivity contribution in [2.75, 3.05) is 26.2 Å². The third-order valence-electron chi connectivity index (χ3n) is 3.29. The van der Waals surface area contributed by atoms with E-state index in [0.29, 0.717) is 23.8 Å². The third kappa shape index (κ3) is 2.70. The summed E-state index contributed by atoms with van der Waals surface area (Å²) in [6.07, 6.45) is 1.51. The molecule has 5 nitrogen and oxygen atoms in total. The number of nitrogens with two attached hydrogens (primary N) is 1. The number of amides is 1. The molecule has 1 atom stereocenters. The molecule has 0 saturated carbocycles. The first kappa shape index (κ1) is 13.0. The lowest BCUT2D eigenvalue weighted by Gasteiger charge is -2.37. The van der Waals surface area contributed by atoms with Crippen molar-refractivity contribution in [1.29, 1.82) is 0 Å². The van der Waals surface area contributed by atoms with Crippen LogP contribution in [-0.4, -0.2) is 52.9 Å². The van der Waals surface area contributed by atoms with Gasteiger partial charge in [0.1, 0.15) is 0 Å². The number of thiocarbonyl (C=S) groups is 1. The van der Waals surface area contributed by atoms with E-state index in [-0.39, 0.29) is 11.9 Å². The van der Waals surface area contributed by atoms with Crippen molar-refractivity contribution in [1.82, 2.24) is 9.80 Å². The summed E-state index contributed by atoms with van der Waals surface area (Å²) in [5.41, 5.74) is 5.63. The Morgan fingerprint density at radius 3 is 2.61 bits per heavy atom. The Kier molecular flexibility index (Phi) is 3.98. The van der Waals surface area contributed by atoms with Crippen LogP contribution in [0.3, 0.4) is 0 Å². The number of furan rings is 1. The van der Waals surface area contributed by atoms with Crippen molar-refractivity contribution in [3.05, 3.63) is 24.2 Å². The quantitative estimate of drug-likeness (QED) is 0.817. The molecule has 6 heteroatoms. The molecular formula is C12H17N3O2S. The highest BCUT2D eigenvalue weighted by Gasteiger charge is 2.26. The van der Waals surface area contributed by atoms with E-state index in [1.807, 2.05) is 6.92 Å². The van der Waals surface area contributed by atoms with Crippen molar-refractivity contribution in [2.45, 2.75) is 13.0 Å². The third-order valence-corrected chi connectivity index (χ3v) is 3.63. The van der Waals surface area contributed by atoms with Crippen LogP contribution in [0.15, 0.2) is 22.8 Å². The summed E-state index contributed by atoms with van der Waals surface area (Å²) in [6, 6.07) is 3.49. The van der Waals surface area contributed by atoms with Crippen molar-refractivity contribution < 1.29 is 9.21 Å². The first-order chi connectivity index (χ1) is 8.59. The molecule has 2 heterocycles. The zero-order chi connectivity index (χ0) is 13.1. The fraction of sp³-hybridized carbons (Fsp3) is 0.500. The molecule has 0 radical (unpaired) electrons. The zero-order valence-corrected chi connectivity index (χ0v) is 11.2. The van der Waals surface area contributed by atoms with Crippen LogP contribution in [0.2, 0.25) is 0 Å². The minimum absolute atomic E-state index is 0.0531. The molecular weight excluding hydrogens is 250 g/mol. The Bertz CT molecular complexity index is 425. The molecule has 1 aromatic heterocycles. The van der Waals surface area contributed by atoms with Crippen LogP contribution < -0.4 is 5.73 Å². The summed E-state index contributed by atoms with van der Waals surface area (Å²) in [4.78, 5) is 16.5. The number of carbonyl (C=O) groups excluding carboxylic acids is 1. The Labute approximate surface area is 112 Å². The van der Waals surface area contributed by atoms with Crippen LogP contribution in [0.25, 0.3) is 0 Å². The van der Waals surface area contributed by atoms with Gasteiger partial charge in [0.2, 0.25) is 0 Å². The van der Waals surface area contributed by atoms with Gasteiger partial charge in [-0.2, -0.15) is 0 Å². The van der Waals surface area contributed by atoms with Gasteiger partial charge in [-0.15, -0.1) is 0 Å². The fourth-order valence-electron chi connectivity index (χ4n) is 2.05.